The molecule has 0 saturated carbocycles. The molecular weight excluding hydrogens is 381 g/mol. The van der Waals surface area contributed by atoms with E-state index in [4.69, 9.17) is 11.6 Å². The number of anilines is 2. The molecule has 1 fully saturated rings. The molecule has 1 aliphatic rings. The molecule has 1 saturated heterocycles. The molecule has 2 heterocycles. The number of hydrogen-bond donors (Lipinski definition) is 1. The Hall–Kier alpha value is -2.32. The summed E-state index contributed by atoms with van der Waals surface area (Å²) in [7, 11) is 0. The molecule has 0 unspecified atom stereocenters. The van der Waals surface area contributed by atoms with Gasteiger partial charge >= 0.3 is 6.18 Å². The molecule has 0 spiro atoms. The number of hydrogen-bond acceptors (Lipinski definition) is 4. The number of piperazine rings is 1. The molecule has 0 atom stereocenters. The maximum absolute atomic E-state index is 12.6. The Balaban J connectivity index is 1.48. The molecule has 0 aliphatic carbocycles. The molecule has 9 heteroatoms. The van der Waals surface area contributed by atoms with E-state index in [2.05, 4.69) is 10.3 Å². The van der Waals surface area contributed by atoms with Crippen LogP contribution >= 0.6 is 11.6 Å². The number of pyridine rings is 1. The van der Waals surface area contributed by atoms with Crippen LogP contribution in [-0.2, 0) is 11.0 Å². The highest BCUT2D eigenvalue weighted by molar-refractivity contribution is 6.30. The van der Waals surface area contributed by atoms with Gasteiger partial charge < -0.3 is 10.2 Å². The Labute approximate surface area is 159 Å². The number of rotatable bonds is 4. The van der Waals surface area contributed by atoms with Crippen LogP contribution in [0.2, 0.25) is 5.02 Å². The lowest BCUT2D eigenvalue weighted by Gasteiger charge is -2.35. The SMILES string of the molecule is O=C(CN1CCN(c2ccc(C(F)(F)F)cn2)CC1)Nc1ccc(Cl)cc1. The molecular formula is C18H18ClF3N4O. The number of carbonyl (C=O) groups is 1. The van der Waals surface area contributed by atoms with E-state index in [1.165, 1.54) is 6.07 Å². The predicted octanol–water partition coefficient (Wildman–Crippen LogP) is 3.51. The summed E-state index contributed by atoms with van der Waals surface area (Å²) in [6.07, 6.45) is -3.54. The van der Waals surface area contributed by atoms with E-state index in [1.807, 2.05) is 9.80 Å². The third-order valence-electron chi connectivity index (χ3n) is 4.27. The fourth-order valence-electron chi connectivity index (χ4n) is 2.81. The van der Waals surface area contributed by atoms with E-state index in [9.17, 15) is 18.0 Å². The van der Waals surface area contributed by atoms with Gasteiger partial charge in [-0.15, -0.1) is 0 Å². The minimum Gasteiger partial charge on any atom is -0.354 e. The highest BCUT2D eigenvalue weighted by atomic mass is 35.5. The lowest BCUT2D eigenvalue weighted by atomic mass is 10.2. The maximum Gasteiger partial charge on any atom is 0.417 e. The summed E-state index contributed by atoms with van der Waals surface area (Å²) in [5.41, 5.74) is -0.0826. The van der Waals surface area contributed by atoms with E-state index in [1.54, 1.807) is 24.3 Å². The molecule has 3 rings (SSSR count). The normalized spacial score (nSPS) is 15.6. The van der Waals surface area contributed by atoms with Crippen LogP contribution in [0.5, 0.6) is 0 Å². The number of halogens is 4. The summed E-state index contributed by atoms with van der Waals surface area (Å²) in [5, 5.41) is 3.41. The number of amides is 1. The number of carbonyl (C=O) groups excluding carboxylic acids is 1. The zero-order valence-electron chi connectivity index (χ0n) is 14.3. The third kappa shape index (κ3) is 5.33. The number of nitrogens with one attached hydrogen (secondary N) is 1. The van der Waals surface area contributed by atoms with Gasteiger partial charge in [-0.2, -0.15) is 13.2 Å². The topological polar surface area (TPSA) is 48.5 Å². The van der Waals surface area contributed by atoms with Crippen LogP contribution in [0.15, 0.2) is 42.6 Å². The van der Waals surface area contributed by atoms with Crippen LogP contribution in [0.4, 0.5) is 24.7 Å². The summed E-state index contributed by atoms with van der Waals surface area (Å²) >= 11 is 5.81. The largest absolute Gasteiger partial charge is 0.417 e. The van der Waals surface area contributed by atoms with Crippen molar-refractivity contribution < 1.29 is 18.0 Å². The Kier molecular flexibility index (Phi) is 5.86. The Morgan fingerprint density at radius 1 is 1.07 bits per heavy atom. The smallest absolute Gasteiger partial charge is 0.354 e. The number of nitrogens with zero attached hydrogens (tertiary/aromatic N) is 3. The van der Waals surface area contributed by atoms with Crippen molar-refractivity contribution in [1.82, 2.24) is 9.88 Å². The second kappa shape index (κ2) is 8.14. The van der Waals surface area contributed by atoms with Crippen molar-refractivity contribution in [3.8, 4) is 0 Å². The van der Waals surface area contributed by atoms with Gasteiger partial charge in [-0.05, 0) is 36.4 Å². The van der Waals surface area contributed by atoms with Gasteiger partial charge in [-0.1, -0.05) is 11.6 Å². The monoisotopic (exact) mass is 398 g/mol. The van der Waals surface area contributed by atoms with E-state index >= 15 is 0 Å². The lowest BCUT2D eigenvalue weighted by Crippen LogP contribution is -2.48. The molecule has 5 nitrogen and oxygen atoms in total. The molecule has 1 aliphatic heterocycles. The van der Waals surface area contributed by atoms with Gasteiger partial charge in [0.25, 0.3) is 0 Å². The molecule has 0 bridgehead atoms. The Morgan fingerprint density at radius 2 is 1.74 bits per heavy atom. The Bertz CT molecular complexity index is 773. The second-order valence-corrected chi connectivity index (χ2v) is 6.66. The third-order valence-corrected chi connectivity index (χ3v) is 4.52. The molecule has 1 amide bonds. The standard InChI is InChI=1S/C18H18ClF3N4O/c19-14-2-4-15(5-3-14)24-17(27)12-25-7-9-26(10-8-25)16-6-1-13(11-23-16)18(20,21)22/h1-6,11H,7-10,12H2,(H,24,27). The zero-order chi connectivity index (χ0) is 19.4. The van der Waals surface area contributed by atoms with Crippen molar-refractivity contribution in [2.75, 3.05) is 42.9 Å². The van der Waals surface area contributed by atoms with Gasteiger partial charge in [0.1, 0.15) is 5.82 Å². The van der Waals surface area contributed by atoms with Crippen LogP contribution in [0.3, 0.4) is 0 Å². The van der Waals surface area contributed by atoms with Crippen molar-refractivity contribution in [3.05, 3.63) is 53.2 Å². The van der Waals surface area contributed by atoms with Gasteiger partial charge in [-0.25, -0.2) is 4.98 Å². The summed E-state index contributed by atoms with van der Waals surface area (Å²) in [4.78, 5) is 19.9. The highest BCUT2D eigenvalue weighted by Gasteiger charge is 2.31. The number of aromatic nitrogens is 1. The zero-order valence-corrected chi connectivity index (χ0v) is 15.1. The molecule has 0 radical (unpaired) electrons. The summed E-state index contributed by atoms with van der Waals surface area (Å²) < 4.78 is 37.8. The van der Waals surface area contributed by atoms with E-state index in [0.717, 1.165) is 12.3 Å². The average Bonchev–Trinajstić information content (AvgIpc) is 2.64. The van der Waals surface area contributed by atoms with Gasteiger partial charge in [0.15, 0.2) is 0 Å². The fourth-order valence-corrected chi connectivity index (χ4v) is 2.94. The van der Waals surface area contributed by atoms with Gasteiger partial charge in [0, 0.05) is 43.1 Å². The average molecular weight is 399 g/mol. The predicted molar refractivity (Wildman–Crippen MR) is 98.0 cm³/mol. The Morgan fingerprint density at radius 3 is 2.30 bits per heavy atom. The van der Waals surface area contributed by atoms with Crippen molar-refractivity contribution >= 4 is 29.0 Å². The van der Waals surface area contributed by atoms with E-state index in [0.29, 0.717) is 42.7 Å². The summed E-state index contributed by atoms with van der Waals surface area (Å²) in [6.45, 7) is 2.67. The molecule has 2 aromatic rings. The highest BCUT2D eigenvalue weighted by Crippen LogP contribution is 2.29. The van der Waals surface area contributed by atoms with Crippen LogP contribution in [-0.4, -0.2) is 48.5 Å². The molecule has 1 aromatic heterocycles. The first-order chi connectivity index (χ1) is 12.8. The maximum atomic E-state index is 12.6. The minimum atomic E-state index is -4.39. The summed E-state index contributed by atoms with van der Waals surface area (Å²) in [5.74, 6) is 0.381. The number of alkyl halides is 3. The van der Waals surface area contributed by atoms with Gasteiger partial charge in [0.2, 0.25) is 5.91 Å². The lowest BCUT2D eigenvalue weighted by molar-refractivity contribution is -0.137. The van der Waals surface area contributed by atoms with Crippen LogP contribution in [0.1, 0.15) is 5.56 Å². The first-order valence-corrected chi connectivity index (χ1v) is 8.75. The van der Waals surface area contributed by atoms with Crippen molar-refractivity contribution in [2.24, 2.45) is 0 Å². The van der Waals surface area contributed by atoms with Crippen LogP contribution in [0, 0.1) is 0 Å². The fraction of sp³-hybridized carbons (Fsp3) is 0.333. The molecule has 1 aromatic carbocycles. The van der Waals surface area contributed by atoms with E-state index in [-0.39, 0.29) is 12.5 Å². The number of benzene rings is 1. The quantitative estimate of drug-likeness (QED) is 0.856. The minimum absolute atomic E-state index is 0.126. The molecule has 1 N–H and O–H groups in total. The van der Waals surface area contributed by atoms with Crippen molar-refractivity contribution in [1.29, 1.82) is 0 Å². The first-order valence-electron chi connectivity index (χ1n) is 8.37. The second-order valence-electron chi connectivity index (χ2n) is 6.22. The van der Waals surface area contributed by atoms with E-state index < -0.39 is 11.7 Å². The van der Waals surface area contributed by atoms with Gasteiger partial charge in [0.05, 0.1) is 12.1 Å². The molecule has 144 valence electrons. The van der Waals surface area contributed by atoms with Crippen LogP contribution < -0.4 is 10.2 Å². The summed E-state index contributed by atoms with van der Waals surface area (Å²) in [6, 6.07) is 9.28. The van der Waals surface area contributed by atoms with Crippen molar-refractivity contribution in [3.63, 3.8) is 0 Å². The van der Waals surface area contributed by atoms with Crippen LogP contribution in [0.25, 0.3) is 0 Å². The first kappa shape index (κ1) is 19.4. The van der Waals surface area contributed by atoms with Crippen molar-refractivity contribution in [2.45, 2.75) is 6.18 Å². The van der Waals surface area contributed by atoms with Gasteiger partial charge in [-0.3, -0.25) is 9.69 Å². The molecule has 27 heavy (non-hydrogen) atoms.